The predicted octanol–water partition coefficient (Wildman–Crippen LogP) is 1.29. The SMILES string of the molecule is CC(C)(NC(=O)c1ncc(Br)cn1)c1ncon1. The van der Waals surface area contributed by atoms with Crippen LogP contribution in [0.4, 0.5) is 0 Å². The van der Waals surface area contributed by atoms with Gasteiger partial charge in [-0.1, -0.05) is 5.16 Å². The molecule has 0 saturated heterocycles. The molecular weight excluding hydrogens is 302 g/mol. The van der Waals surface area contributed by atoms with Crippen molar-refractivity contribution in [1.82, 2.24) is 25.4 Å². The molecule has 1 amide bonds. The zero-order valence-electron chi connectivity index (χ0n) is 9.72. The van der Waals surface area contributed by atoms with E-state index in [0.717, 1.165) is 0 Å². The highest BCUT2D eigenvalue weighted by Crippen LogP contribution is 2.15. The number of carbonyl (C=O) groups excluding carboxylic acids is 1. The van der Waals surface area contributed by atoms with Crippen molar-refractivity contribution in [2.24, 2.45) is 0 Å². The Hall–Kier alpha value is -1.83. The van der Waals surface area contributed by atoms with E-state index in [1.165, 1.54) is 18.8 Å². The summed E-state index contributed by atoms with van der Waals surface area (Å²) in [6.45, 7) is 3.52. The first kappa shape index (κ1) is 12.6. The second-order valence-electron chi connectivity index (χ2n) is 4.06. The summed E-state index contributed by atoms with van der Waals surface area (Å²) in [5, 5.41) is 6.43. The van der Waals surface area contributed by atoms with Crippen LogP contribution in [-0.2, 0) is 5.54 Å². The van der Waals surface area contributed by atoms with Gasteiger partial charge in [0.05, 0.1) is 10.0 Å². The molecule has 0 aliphatic carbocycles. The van der Waals surface area contributed by atoms with Gasteiger partial charge < -0.3 is 9.84 Å². The molecule has 2 aromatic rings. The van der Waals surface area contributed by atoms with Gasteiger partial charge in [0.25, 0.3) is 5.91 Å². The Labute approximate surface area is 111 Å². The molecule has 2 heterocycles. The van der Waals surface area contributed by atoms with Gasteiger partial charge in [0.2, 0.25) is 12.2 Å². The summed E-state index contributed by atoms with van der Waals surface area (Å²) in [5.74, 6) is 0.0556. The molecule has 0 aliphatic rings. The molecule has 0 unspecified atom stereocenters. The quantitative estimate of drug-likeness (QED) is 0.918. The standard InChI is InChI=1S/C10H10BrN5O2/c1-10(2,9-14-5-18-16-9)15-8(17)7-12-3-6(11)4-13-7/h3-5H,1-2H3,(H,15,17). The van der Waals surface area contributed by atoms with Crippen LogP contribution in [0.25, 0.3) is 0 Å². The van der Waals surface area contributed by atoms with Crippen LogP contribution in [0.15, 0.2) is 27.8 Å². The number of aromatic nitrogens is 4. The monoisotopic (exact) mass is 311 g/mol. The molecule has 2 rings (SSSR count). The average Bonchev–Trinajstić information content (AvgIpc) is 2.83. The van der Waals surface area contributed by atoms with Gasteiger partial charge in [-0.15, -0.1) is 0 Å². The maximum atomic E-state index is 11.9. The molecule has 8 heteroatoms. The largest absolute Gasteiger partial charge is 0.343 e. The fraction of sp³-hybridized carbons (Fsp3) is 0.300. The van der Waals surface area contributed by atoms with Crippen molar-refractivity contribution < 1.29 is 9.32 Å². The summed E-state index contributed by atoms with van der Waals surface area (Å²) in [5.41, 5.74) is -0.763. The maximum absolute atomic E-state index is 11.9. The summed E-state index contributed by atoms with van der Waals surface area (Å²) in [4.78, 5) is 23.7. The molecule has 2 aromatic heterocycles. The van der Waals surface area contributed by atoms with Gasteiger partial charge in [0, 0.05) is 12.4 Å². The van der Waals surface area contributed by atoms with Crippen LogP contribution in [0.2, 0.25) is 0 Å². The molecule has 0 bridgehead atoms. The zero-order valence-corrected chi connectivity index (χ0v) is 11.3. The molecule has 0 spiro atoms. The molecule has 0 radical (unpaired) electrons. The number of rotatable bonds is 3. The number of nitrogens with one attached hydrogen (secondary N) is 1. The van der Waals surface area contributed by atoms with Crippen LogP contribution < -0.4 is 5.32 Å². The van der Waals surface area contributed by atoms with Gasteiger partial charge in [-0.05, 0) is 29.8 Å². The van der Waals surface area contributed by atoms with Crippen LogP contribution >= 0.6 is 15.9 Å². The summed E-state index contributed by atoms with van der Waals surface area (Å²) in [7, 11) is 0. The third-order valence-electron chi connectivity index (χ3n) is 2.17. The van der Waals surface area contributed by atoms with E-state index in [0.29, 0.717) is 10.3 Å². The van der Waals surface area contributed by atoms with E-state index in [9.17, 15) is 4.79 Å². The van der Waals surface area contributed by atoms with Gasteiger partial charge in [-0.25, -0.2) is 9.97 Å². The van der Waals surface area contributed by atoms with Crippen molar-refractivity contribution in [2.75, 3.05) is 0 Å². The number of halogens is 1. The van der Waals surface area contributed by atoms with E-state index in [4.69, 9.17) is 0 Å². The summed E-state index contributed by atoms with van der Waals surface area (Å²) in [6, 6.07) is 0. The second-order valence-corrected chi connectivity index (χ2v) is 4.97. The molecule has 0 atom stereocenters. The minimum atomic E-state index is -0.763. The van der Waals surface area contributed by atoms with Crippen molar-refractivity contribution in [3.8, 4) is 0 Å². The van der Waals surface area contributed by atoms with Crippen LogP contribution in [0, 0.1) is 0 Å². The minimum Gasteiger partial charge on any atom is -0.343 e. The Morgan fingerprint density at radius 1 is 1.33 bits per heavy atom. The lowest BCUT2D eigenvalue weighted by atomic mass is 10.1. The first-order chi connectivity index (χ1) is 8.49. The van der Waals surface area contributed by atoms with Crippen LogP contribution in [-0.4, -0.2) is 26.0 Å². The third kappa shape index (κ3) is 2.70. The Morgan fingerprint density at radius 2 is 2.00 bits per heavy atom. The zero-order chi connectivity index (χ0) is 13.2. The first-order valence-electron chi connectivity index (χ1n) is 5.06. The van der Waals surface area contributed by atoms with Crippen LogP contribution in [0.5, 0.6) is 0 Å². The summed E-state index contributed by atoms with van der Waals surface area (Å²) < 4.78 is 5.36. The lowest BCUT2D eigenvalue weighted by molar-refractivity contribution is 0.0896. The molecule has 18 heavy (non-hydrogen) atoms. The third-order valence-corrected chi connectivity index (χ3v) is 2.58. The molecule has 94 valence electrons. The van der Waals surface area contributed by atoms with E-state index in [1.807, 2.05) is 0 Å². The van der Waals surface area contributed by atoms with E-state index in [1.54, 1.807) is 13.8 Å². The van der Waals surface area contributed by atoms with Gasteiger partial charge in [0.1, 0.15) is 0 Å². The summed E-state index contributed by atoms with van der Waals surface area (Å²) in [6.07, 6.45) is 4.21. The van der Waals surface area contributed by atoms with Crippen molar-refractivity contribution in [3.63, 3.8) is 0 Å². The second kappa shape index (κ2) is 4.81. The van der Waals surface area contributed by atoms with E-state index >= 15 is 0 Å². The van der Waals surface area contributed by atoms with Crippen molar-refractivity contribution in [2.45, 2.75) is 19.4 Å². The molecular formula is C10H10BrN5O2. The summed E-state index contributed by atoms with van der Waals surface area (Å²) >= 11 is 3.20. The Bertz CT molecular complexity index is 538. The van der Waals surface area contributed by atoms with Crippen molar-refractivity contribution in [3.05, 3.63) is 34.9 Å². The number of amides is 1. The number of hydrogen-bond acceptors (Lipinski definition) is 6. The average molecular weight is 312 g/mol. The van der Waals surface area contributed by atoms with Crippen LogP contribution in [0.1, 0.15) is 30.3 Å². The maximum Gasteiger partial charge on any atom is 0.289 e. The van der Waals surface area contributed by atoms with Crippen molar-refractivity contribution >= 4 is 21.8 Å². The lowest BCUT2D eigenvalue weighted by Gasteiger charge is -2.21. The topological polar surface area (TPSA) is 93.8 Å². The number of hydrogen-bond donors (Lipinski definition) is 1. The highest BCUT2D eigenvalue weighted by atomic mass is 79.9. The highest BCUT2D eigenvalue weighted by Gasteiger charge is 2.28. The minimum absolute atomic E-state index is 0.0785. The van der Waals surface area contributed by atoms with E-state index < -0.39 is 11.4 Å². The molecule has 7 nitrogen and oxygen atoms in total. The fourth-order valence-corrected chi connectivity index (χ4v) is 1.48. The van der Waals surface area contributed by atoms with E-state index in [2.05, 4.69) is 45.9 Å². The van der Waals surface area contributed by atoms with Gasteiger partial charge in [0.15, 0.2) is 5.82 Å². The van der Waals surface area contributed by atoms with Crippen molar-refractivity contribution in [1.29, 1.82) is 0 Å². The molecule has 1 N–H and O–H groups in total. The smallest absolute Gasteiger partial charge is 0.289 e. The first-order valence-corrected chi connectivity index (χ1v) is 5.85. The number of nitrogens with zero attached hydrogens (tertiary/aromatic N) is 4. The molecule has 0 fully saturated rings. The molecule has 0 aromatic carbocycles. The molecule has 0 saturated carbocycles. The van der Waals surface area contributed by atoms with Crippen LogP contribution in [0.3, 0.4) is 0 Å². The van der Waals surface area contributed by atoms with Gasteiger partial charge in [-0.3, -0.25) is 4.79 Å². The van der Waals surface area contributed by atoms with Gasteiger partial charge in [-0.2, -0.15) is 4.98 Å². The highest BCUT2D eigenvalue weighted by molar-refractivity contribution is 9.10. The normalized spacial score (nSPS) is 11.3. The van der Waals surface area contributed by atoms with Gasteiger partial charge >= 0.3 is 0 Å². The lowest BCUT2D eigenvalue weighted by Crippen LogP contribution is -2.42. The predicted molar refractivity (Wildman–Crippen MR) is 64.5 cm³/mol. The Kier molecular flexibility index (Phi) is 3.37. The number of carbonyl (C=O) groups is 1. The van der Waals surface area contributed by atoms with E-state index in [-0.39, 0.29) is 5.82 Å². The fourth-order valence-electron chi connectivity index (χ4n) is 1.27. The Balaban J connectivity index is 2.14. The Morgan fingerprint density at radius 3 is 2.56 bits per heavy atom. The molecule has 0 aliphatic heterocycles.